The van der Waals surface area contributed by atoms with E-state index in [0.717, 1.165) is 32.2 Å². The fourth-order valence-corrected chi connectivity index (χ4v) is 12.4. The highest BCUT2D eigenvalue weighted by Crippen LogP contribution is 2.44. The zero-order valence-electron chi connectivity index (χ0n) is 41.1. The number of carbonyl (C=O) groups excluding carboxylic acids is 4. The van der Waals surface area contributed by atoms with E-state index in [2.05, 4.69) is 20.6 Å². The Bertz CT molecular complexity index is 2680. The number of halogens is 3. The zero-order chi connectivity index (χ0) is 50.0. The van der Waals surface area contributed by atoms with Crippen LogP contribution >= 0.6 is 11.3 Å². The Morgan fingerprint density at radius 1 is 1.07 bits per heavy atom. The predicted molar refractivity (Wildman–Crippen MR) is 259 cm³/mol. The smallest absolute Gasteiger partial charge is 0.406 e. The van der Waals surface area contributed by atoms with Crippen LogP contribution in [0.5, 0.6) is 0 Å². The highest BCUT2D eigenvalue weighted by atomic mass is 32.1. The highest BCUT2D eigenvalue weighted by molar-refractivity contribution is 7.10. The lowest BCUT2D eigenvalue weighted by Crippen LogP contribution is -2.73. The summed E-state index contributed by atoms with van der Waals surface area (Å²) in [6, 6.07) is 6.25. The molecule has 3 amide bonds. The minimum absolute atomic E-state index is 0.0505. The van der Waals surface area contributed by atoms with Crippen molar-refractivity contribution in [1.82, 2.24) is 45.0 Å². The van der Waals surface area contributed by atoms with Crippen molar-refractivity contribution in [1.29, 1.82) is 0 Å². The fourth-order valence-electron chi connectivity index (χ4n) is 11.6. The average molecular weight is 1000 g/mol. The number of rotatable bonds is 9. The Morgan fingerprint density at radius 2 is 1.85 bits per heavy atom. The summed E-state index contributed by atoms with van der Waals surface area (Å²) >= 11 is 1.33. The Labute approximate surface area is 415 Å². The van der Waals surface area contributed by atoms with Crippen molar-refractivity contribution in [2.45, 2.75) is 121 Å². The number of nitrogens with one attached hydrogen (secondary N) is 2. The van der Waals surface area contributed by atoms with Gasteiger partial charge in [0.1, 0.15) is 30.3 Å². The van der Waals surface area contributed by atoms with Crippen LogP contribution in [-0.4, -0.2) is 161 Å². The number of cyclic esters (lactones) is 1. The van der Waals surface area contributed by atoms with Gasteiger partial charge in [-0.1, -0.05) is 32.8 Å². The number of morpholine rings is 1. The van der Waals surface area contributed by atoms with Gasteiger partial charge in [-0.25, -0.2) is 10.4 Å². The van der Waals surface area contributed by atoms with Crippen molar-refractivity contribution in [3.05, 3.63) is 58.2 Å². The van der Waals surface area contributed by atoms with E-state index in [1.54, 1.807) is 37.4 Å². The van der Waals surface area contributed by atoms with Crippen molar-refractivity contribution in [2.75, 3.05) is 66.6 Å². The summed E-state index contributed by atoms with van der Waals surface area (Å²) < 4.78 is 63.5. The second-order valence-electron chi connectivity index (χ2n) is 21.4. The van der Waals surface area contributed by atoms with Crippen molar-refractivity contribution in [3.8, 4) is 22.5 Å². The summed E-state index contributed by atoms with van der Waals surface area (Å²) in [5.41, 5.74) is 5.35. The molecule has 5 fully saturated rings. The lowest BCUT2D eigenvalue weighted by atomic mass is 9.84. The second kappa shape index (κ2) is 19.5. The van der Waals surface area contributed by atoms with E-state index < -0.39 is 59.8 Å². The quantitative estimate of drug-likeness (QED) is 0.160. The van der Waals surface area contributed by atoms with Gasteiger partial charge in [-0.2, -0.15) is 13.2 Å². The number of esters is 1. The average Bonchev–Trinajstić information content (AvgIpc) is 3.65. The monoisotopic (exact) mass is 1000 g/mol. The van der Waals surface area contributed by atoms with Crippen LogP contribution < -0.4 is 10.7 Å². The summed E-state index contributed by atoms with van der Waals surface area (Å²) in [7, 11) is 3.46. The molecule has 1 unspecified atom stereocenters. The molecule has 1 aromatic carbocycles. The second-order valence-corrected chi connectivity index (χ2v) is 22.3. The van der Waals surface area contributed by atoms with E-state index in [4.69, 9.17) is 19.2 Å². The van der Waals surface area contributed by atoms with Crippen LogP contribution in [0.25, 0.3) is 33.4 Å². The number of ether oxygens (including phenoxy) is 3. The standard InChI is InChI=1S/C51H64F3N9O7S/c1-30(68-5)42-33(12-8-16-55-42)44-35-22-49(2,3)29-69-48(67)36-13-9-17-63(58-36)46(65)37(21-41-56-38(24-71-41)32-14-15-39(34(35)20-32)62(44)28-51(52,53)54)57-45(64)43(31-10-6-7-11-31)60-18-19-70-50(25-60)26-61(27-50)47(66)40-23-59(40)4/h8,12,14-16,20,24,30-31,36-37,40,43,58H,6-7,9-11,13,17-19,21-23,25-29H2,1-5H3,(H,57,64)/t30-,36-,37-,40+,43-,59?/m0/s1. The molecule has 10 rings (SSSR count). The number of thiazole rings is 1. The third-order valence-corrected chi connectivity index (χ3v) is 16.2. The Morgan fingerprint density at radius 3 is 2.58 bits per heavy atom. The van der Waals surface area contributed by atoms with Gasteiger partial charge < -0.3 is 29.0 Å². The molecule has 6 aliphatic rings. The van der Waals surface area contributed by atoms with E-state index >= 15 is 4.79 Å². The molecule has 1 saturated carbocycles. The van der Waals surface area contributed by atoms with E-state index in [1.165, 1.54) is 28.0 Å². The fraction of sp³-hybridized carbons (Fsp3) is 0.608. The first-order chi connectivity index (χ1) is 33.9. The van der Waals surface area contributed by atoms with E-state index in [9.17, 15) is 27.6 Å². The molecule has 4 aromatic rings. The van der Waals surface area contributed by atoms with Crippen LogP contribution in [0.3, 0.4) is 0 Å². The molecule has 16 nitrogen and oxygen atoms in total. The molecule has 71 heavy (non-hydrogen) atoms. The summed E-state index contributed by atoms with van der Waals surface area (Å²) in [4.78, 5) is 72.6. The van der Waals surface area contributed by atoms with Gasteiger partial charge in [0.2, 0.25) is 11.8 Å². The maximum absolute atomic E-state index is 15.0. The van der Waals surface area contributed by atoms with Crippen molar-refractivity contribution in [2.24, 2.45) is 11.3 Å². The van der Waals surface area contributed by atoms with Gasteiger partial charge >= 0.3 is 12.1 Å². The minimum Gasteiger partial charge on any atom is -0.464 e. The first-order valence-corrected chi connectivity index (χ1v) is 25.8. The lowest BCUT2D eigenvalue weighted by molar-refractivity contribution is -0.198. The van der Waals surface area contributed by atoms with Crippen LogP contribution in [0.15, 0.2) is 41.9 Å². The van der Waals surface area contributed by atoms with Crippen LogP contribution in [0.1, 0.15) is 81.7 Å². The molecular formula is C51H64F3N9O7S. The molecule has 6 bridgehead atoms. The molecule has 3 aromatic heterocycles. The predicted octanol–water partition coefficient (Wildman–Crippen LogP) is 5.53. The summed E-state index contributed by atoms with van der Waals surface area (Å²) in [6.45, 7) is 7.71. The Balaban J connectivity index is 1.01. The van der Waals surface area contributed by atoms with Gasteiger partial charge in [-0.05, 0) is 81.8 Å². The minimum atomic E-state index is -4.58. The van der Waals surface area contributed by atoms with Crippen LogP contribution in [0.4, 0.5) is 13.2 Å². The van der Waals surface area contributed by atoms with E-state index in [1.807, 2.05) is 42.1 Å². The molecule has 20 heteroatoms. The number of amides is 3. The number of benzene rings is 1. The third kappa shape index (κ3) is 10.2. The van der Waals surface area contributed by atoms with Crippen molar-refractivity contribution in [3.63, 3.8) is 0 Å². The van der Waals surface area contributed by atoms with Crippen LogP contribution in [0.2, 0.25) is 0 Å². The van der Waals surface area contributed by atoms with E-state index in [-0.39, 0.29) is 43.2 Å². The number of aromatic nitrogens is 3. The number of alkyl halides is 3. The molecule has 4 saturated heterocycles. The molecule has 6 atom stereocenters. The van der Waals surface area contributed by atoms with Crippen molar-refractivity contribution < 1.29 is 46.6 Å². The number of hydrogen-bond acceptors (Lipinski definition) is 13. The molecule has 8 heterocycles. The molecule has 1 spiro atoms. The maximum atomic E-state index is 15.0. The lowest BCUT2D eigenvalue weighted by Gasteiger charge is -2.55. The SMILES string of the molecule is CO[C@@H](C)c1ncccc1-c1c2c3cc(ccc3n1CC(F)(F)F)-c1csc(n1)C[C@H](NC(=O)[C@H](C1CCCC1)N1CCOC3(CN(C(=O)[C@H]4CN4C)C3)C1)C(=O)N1CCC[C@H](N1)C(=O)OCC(C)(C)C2. The number of likely N-dealkylation sites (tertiary alicyclic amines) is 1. The molecule has 0 radical (unpaired) electrons. The largest absolute Gasteiger partial charge is 0.464 e. The molecule has 5 aliphatic heterocycles. The Hall–Kier alpha value is -4.99. The van der Waals surface area contributed by atoms with Crippen molar-refractivity contribution >= 4 is 45.9 Å². The van der Waals surface area contributed by atoms with E-state index in [0.29, 0.717) is 102 Å². The number of methoxy groups -OCH3 is 1. The van der Waals surface area contributed by atoms with Gasteiger partial charge in [0.25, 0.3) is 5.91 Å². The van der Waals surface area contributed by atoms with Crippen LogP contribution in [0, 0.1) is 11.3 Å². The number of hydrazine groups is 1. The number of likely N-dealkylation sites (N-methyl/N-ethyl adjacent to an activating group) is 1. The Kier molecular flexibility index (Phi) is 13.6. The summed E-state index contributed by atoms with van der Waals surface area (Å²) in [6.07, 6.45) is 1.39. The summed E-state index contributed by atoms with van der Waals surface area (Å²) in [5.74, 6) is -1.06. The molecule has 2 N–H and O–H groups in total. The van der Waals surface area contributed by atoms with Gasteiger partial charge in [0.05, 0.1) is 60.5 Å². The third-order valence-electron chi connectivity index (χ3n) is 15.4. The number of nitrogens with zero attached hydrogens (tertiary/aromatic N) is 7. The normalized spacial score (nSPS) is 25.9. The highest BCUT2D eigenvalue weighted by Gasteiger charge is 2.54. The topological polar surface area (TPSA) is 163 Å². The maximum Gasteiger partial charge on any atom is 0.406 e. The van der Waals surface area contributed by atoms with Gasteiger partial charge in [0.15, 0.2) is 0 Å². The number of carbonyl (C=O) groups is 4. The van der Waals surface area contributed by atoms with Crippen LogP contribution in [-0.2, 0) is 52.8 Å². The van der Waals surface area contributed by atoms with Gasteiger partial charge in [0, 0.05) is 78.7 Å². The first kappa shape index (κ1) is 49.6. The molecule has 1 aliphatic carbocycles. The molecular weight excluding hydrogens is 940 g/mol. The number of fused-ring (bicyclic) bond motifs is 6. The zero-order valence-corrected chi connectivity index (χ0v) is 41.9. The van der Waals surface area contributed by atoms with Gasteiger partial charge in [-0.3, -0.25) is 39.0 Å². The number of hydrogen-bond donors (Lipinski definition) is 2. The summed E-state index contributed by atoms with van der Waals surface area (Å²) in [5, 5.41) is 7.66. The molecule has 382 valence electrons. The first-order valence-electron chi connectivity index (χ1n) is 25.0. The van der Waals surface area contributed by atoms with Gasteiger partial charge in [-0.15, -0.1) is 11.3 Å². The number of pyridine rings is 1.